The molecule has 9 aromatic rings. The minimum Gasteiger partial charge on any atom is -0.460 e. The highest BCUT2D eigenvalue weighted by atomic mass is 16.3. The third-order valence-corrected chi connectivity index (χ3v) is 10.0. The number of furan rings is 1. The first kappa shape index (κ1) is 28.6. The predicted octanol–water partition coefficient (Wildman–Crippen LogP) is 12.0. The van der Waals surface area contributed by atoms with Crippen LogP contribution in [0.25, 0.3) is 94.7 Å². The van der Waals surface area contributed by atoms with Crippen LogP contribution >= 0.6 is 0 Å². The molecule has 7 aromatic carbocycles. The van der Waals surface area contributed by atoms with Crippen LogP contribution in [0.4, 0.5) is 0 Å². The zero-order valence-electron chi connectivity index (χ0n) is 27.5. The maximum atomic E-state index is 6.37. The Hall–Kier alpha value is -6.39. The summed E-state index contributed by atoms with van der Waals surface area (Å²) < 4.78 is 6.37. The molecular formula is C46H31N3O. The zero-order chi connectivity index (χ0) is 33.2. The summed E-state index contributed by atoms with van der Waals surface area (Å²) in [7, 11) is 0. The maximum absolute atomic E-state index is 6.37. The molecule has 10 rings (SSSR count). The summed E-state index contributed by atoms with van der Waals surface area (Å²) in [6.07, 6.45) is 5.42. The van der Waals surface area contributed by atoms with Gasteiger partial charge >= 0.3 is 0 Å². The molecule has 1 aliphatic carbocycles. The van der Waals surface area contributed by atoms with E-state index in [0.29, 0.717) is 23.4 Å². The summed E-state index contributed by atoms with van der Waals surface area (Å²) in [6, 6.07) is 49.0. The maximum Gasteiger partial charge on any atom is 0.164 e. The molecule has 0 saturated heterocycles. The Morgan fingerprint density at radius 3 is 1.96 bits per heavy atom. The number of hydrogen-bond acceptors (Lipinski definition) is 4. The van der Waals surface area contributed by atoms with Crippen LogP contribution in [0.2, 0.25) is 0 Å². The largest absolute Gasteiger partial charge is 0.460 e. The molecule has 1 atom stereocenters. The van der Waals surface area contributed by atoms with Gasteiger partial charge in [-0.1, -0.05) is 134 Å². The lowest BCUT2D eigenvalue weighted by Crippen LogP contribution is -2.01. The molecule has 0 radical (unpaired) electrons. The highest BCUT2D eigenvalue weighted by Crippen LogP contribution is 2.40. The van der Waals surface area contributed by atoms with Crippen LogP contribution in [0.1, 0.15) is 18.2 Å². The lowest BCUT2D eigenvalue weighted by atomic mass is 9.92. The SMILES string of the molecule is CC1C=Cc2c(oc3cccc(-c4cccc(-c5nc(-c6ccc7ccccc7c6)nc(-c6ccc7ccc8ccccc8c7c6)n5)c4)c23)C1. The van der Waals surface area contributed by atoms with Gasteiger partial charge in [0.1, 0.15) is 11.3 Å². The summed E-state index contributed by atoms with van der Waals surface area (Å²) in [4.78, 5) is 15.4. The molecule has 0 amide bonds. The number of aromatic nitrogens is 3. The van der Waals surface area contributed by atoms with Crippen molar-refractivity contribution in [3.8, 4) is 45.3 Å². The van der Waals surface area contributed by atoms with Gasteiger partial charge in [0.05, 0.1) is 0 Å². The van der Waals surface area contributed by atoms with E-state index in [0.717, 1.165) is 56.4 Å². The van der Waals surface area contributed by atoms with Crippen LogP contribution in [-0.4, -0.2) is 15.0 Å². The van der Waals surface area contributed by atoms with E-state index in [9.17, 15) is 0 Å². The van der Waals surface area contributed by atoms with E-state index in [2.05, 4.69) is 159 Å². The molecule has 2 heterocycles. The van der Waals surface area contributed by atoms with Crippen molar-refractivity contribution in [1.29, 1.82) is 0 Å². The summed E-state index contributed by atoms with van der Waals surface area (Å²) >= 11 is 0. The fourth-order valence-electron chi connectivity index (χ4n) is 7.47. The number of rotatable bonds is 4. The molecule has 0 bridgehead atoms. The molecule has 0 saturated carbocycles. The second kappa shape index (κ2) is 11.4. The normalized spacial score (nSPS) is 14.1. The van der Waals surface area contributed by atoms with Crippen LogP contribution in [0.3, 0.4) is 0 Å². The van der Waals surface area contributed by atoms with Crippen LogP contribution in [-0.2, 0) is 6.42 Å². The third kappa shape index (κ3) is 4.80. The molecular weight excluding hydrogens is 611 g/mol. The Kier molecular flexibility index (Phi) is 6.50. The molecule has 1 unspecified atom stereocenters. The molecule has 236 valence electrons. The van der Waals surface area contributed by atoms with E-state index < -0.39 is 0 Å². The van der Waals surface area contributed by atoms with Gasteiger partial charge in [-0.05, 0) is 73.6 Å². The van der Waals surface area contributed by atoms with Crippen molar-refractivity contribution in [1.82, 2.24) is 15.0 Å². The van der Waals surface area contributed by atoms with Crippen molar-refractivity contribution >= 4 is 49.4 Å². The van der Waals surface area contributed by atoms with Crippen LogP contribution in [0, 0.1) is 5.92 Å². The predicted molar refractivity (Wildman–Crippen MR) is 206 cm³/mol. The fourth-order valence-corrected chi connectivity index (χ4v) is 7.47. The Morgan fingerprint density at radius 2 is 1.14 bits per heavy atom. The van der Waals surface area contributed by atoms with E-state index in [1.165, 1.54) is 32.5 Å². The molecule has 0 fully saturated rings. The molecule has 1 aliphatic rings. The first-order valence-corrected chi connectivity index (χ1v) is 17.2. The van der Waals surface area contributed by atoms with E-state index in [1.54, 1.807) is 0 Å². The third-order valence-electron chi connectivity index (χ3n) is 10.0. The summed E-state index contributed by atoms with van der Waals surface area (Å²) in [6.45, 7) is 2.23. The monoisotopic (exact) mass is 641 g/mol. The molecule has 50 heavy (non-hydrogen) atoms. The number of hydrogen-bond donors (Lipinski definition) is 0. The van der Waals surface area contributed by atoms with E-state index in [4.69, 9.17) is 19.4 Å². The number of fused-ring (bicyclic) bond motifs is 7. The lowest BCUT2D eigenvalue weighted by molar-refractivity contribution is 0.513. The first-order valence-electron chi connectivity index (χ1n) is 17.2. The fraction of sp³-hybridized carbons (Fsp3) is 0.0652. The van der Waals surface area contributed by atoms with Gasteiger partial charge in [0, 0.05) is 34.1 Å². The standard InChI is InChI=1S/C46H31N3O/c1-28-16-23-39-42(24-28)50-41-15-7-14-38(43(39)41)33-11-6-12-34(26-33)44-47-45(35-21-17-29-8-2-3-10-32(29)25-35)49-46(48-44)36-22-20-31-19-18-30-9-4-5-13-37(30)40(31)27-36/h2-23,25-28H,24H2,1H3. The van der Waals surface area contributed by atoms with Gasteiger partial charge in [0.15, 0.2) is 17.5 Å². The van der Waals surface area contributed by atoms with Gasteiger partial charge in [-0.15, -0.1) is 0 Å². The first-order chi connectivity index (χ1) is 24.6. The minimum atomic E-state index is 0.464. The Morgan fingerprint density at radius 1 is 0.520 bits per heavy atom. The van der Waals surface area contributed by atoms with Crippen molar-refractivity contribution in [2.75, 3.05) is 0 Å². The van der Waals surface area contributed by atoms with Gasteiger partial charge in [-0.3, -0.25) is 0 Å². The second-order valence-electron chi connectivity index (χ2n) is 13.3. The van der Waals surface area contributed by atoms with E-state index in [-0.39, 0.29) is 0 Å². The highest BCUT2D eigenvalue weighted by molar-refractivity contribution is 6.08. The molecule has 4 nitrogen and oxygen atoms in total. The molecule has 2 aromatic heterocycles. The average molecular weight is 642 g/mol. The molecule has 0 spiro atoms. The minimum absolute atomic E-state index is 0.464. The van der Waals surface area contributed by atoms with Crippen molar-refractivity contribution in [3.63, 3.8) is 0 Å². The van der Waals surface area contributed by atoms with Crippen molar-refractivity contribution in [2.24, 2.45) is 5.92 Å². The quantitative estimate of drug-likeness (QED) is 0.179. The summed E-state index contributed by atoms with van der Waals surface area (Å²) in [5.74, 6) is 3.44. The topological polar surface area (TPSA) is 51.8 Å². The van der Waals surface area contributed by atoms with Crippen molar-refractivity contribution in [2.45, 2.75) is 13.3 Å². The summed E-state index contributed by atoms with van der Waals surface area (Å²) in [5, 5.41) is 8.26. The second-order valence-corrected chi connectivity index (χ2v) is 13.3. The van der Waals surface area contributed by atoms with E-state index in [1.807, 2.05) is 0 Å². The Labute approximate surface area is 289 Å². The van der Waals surface area contributed by atoms with Crippen molar-refractivity contribution in [3.05, 3.63) is 157 Å². The van der Waals surface area contributed by atoms with Crippen LogP contribution in [0.5, 0.6) is 0 Å². The van der Waals surface area contributed by atoms with Gasteiger partial charge in [-0.2, -0.15) is 0 Å². The molecule has 0 aliphatic heterocycles. The van der Waals surface area contributed by atoms with Gasteiger partial charge in [0.2, 0.25) is 0 Å². The highest BCUT2D eigenvalue weighted by Gasteiger charge is 2.21. The number of benzene rings is 7. The van der Waals surface area contributed by atoms with E-state index >= 15 is 0 Å². The summed E-state index contributed by atoms with van der Waals surface area (Å²) in [5.41, 5.74) is 7.16. The Bertz CT molecular complexity index is 2830. The van der Waals surface area contributed by atoms with Crippen LogP contribution in [0.15, 0.2) is 150 Å². The Balaban J connectivity index is 1.16. The number of nitrogens with zero attached hydrogens (tertiary/aromatic N) is 3. The van der Waals surface area contributed by atoms with Crippen LogP contribution < -0.4 is 0 Å². The van der Waals surface area contributed by atoms with Gasteiger partial charge < -0.3 is 4.42 Å². The van der Waals surface area contributed by atoms with Gasteiger partial charge in [0.25, 0.3) is 0 Å². The molecule has 0 N–H and O–H groups in total. The molecule has 4 heteroatoms. The number of allylic oxidation sites excluding steroid dienone is 1. The zero-order valence-corrected chi connectivity index (χ0v) is 27.5. The van der Waals surface area contributed by atoms with Crippen molar-refractivity contribution < 1.29 is 4.42 Å². The smallest absolute Gasteiger partial charge is 0.164 e. The van der Waals surface area contributed by atoms with Gasteiger partial charge in [-0.25, -0.2) is 15.0 Å². The average Bonchev–Trinajstić information content (AvgIpc) is 3.55. The lowest BCUT2D eigenvalue weighted by Gasteiger charge is -2.12.